The molecule has 1 aliphatic heterocycles. The third-order valence-corrected chi connectivity index (χ3v) is 3.48. The fourth-order valence-electron chi connectivity index (χ4n) is 2.40. The van der Waals surface area contributed by atoms with Gasteiger partial charge in [-0.25, -0.2) is 4.98 Å². The summed E-state index contributed by atoms with van der Waals surface area (Å²) in [6.07, 6.45) is 5.82. The Labute approximate surface area is 124 Å². The van der Waals surface area contributed by atoms with E-state index in [1.54, 1.807) is 0 Å². The van der Waals surface area contributed by atoms with Crippen LogP contribution in [0.15, 0.2) is 30.7 Å². The third kappa shape index (κ3) is 3.29. The van der Waals surface area contributed by atoms with Crippen molar-refractivity contribution in [3.05, 3.63) is 36.4 Å². The molecule has 0 spiro atoms. The Balaban J connectivity index is 1.67. The molecule has 0 unspecified atom stereocenters. The van der Waals surface area contributed by atoms with E-state index in [0.717, 1.165) is 49.7 Å². The van der Waals surface area contributed by atoms with Crippen molar-refractivity contribution < 1.29 is 9.47 Å². The number of aryl methyl sites for hydroxylation is 1. The highest BCUT2D eigenvalue weighted by Gasteiger charge is 2.10. The predicted molar refractivity (Wildman–Crippen MR) is 81.9 cm³/mol. The standard InChI is InChI=1S/C16H21N3O2/c1-2-6-19-12-17-10-14(19)11-18-13-4-5-15-16(9-13)21-8-3-7-20-15/h4-5,9-10,12,18H,2-3,6-8,11H2,1H3. The number of hydrogen-bond acceptors (Lipinski definition) is 4. The van der Waals surface area contributed by atoms with Gasteiger partial charge in [-0.3, -0.25) is 0 Å². The smallest absolute Gasteiger partial charge is 0.163 e. The van der Waals surface area contributed by atoms with Crippen molar-refractivity contribution in [1.29, 1.82) is 0 Å². The van der Waals surface area contributed by atoms with Gasteiger partial charge in [-0.05, 0) is 18.6 Å². The van der Waals surface area contributed by atoms with Crippen LogP contribution in [-0.4, -0.2) is 22.8 Å². The quantitative estimate of drug-likeness (QED) is 0.918. The monoisotopic (exact) mass is 287 g/mol. The third-order valence-electron chi connectivity index (χ3n) is 3.48. The van der Waals surface area contributed by atoms with Gasteiger partial charge in [0.25, 0.3) is 0 Å². The topological polar surface area (TPSA) is 48.3 Å². The molecule has 1 aliphatic rings. The van der Waals surface area contributed by atoms with E-state index in [9.17, 15) is 0 Å². The van der Waals surface area contributed by atoms with Gasteiger partial charge < -0.3 is 19.4 Å². The van der Waals surface area contributed by atoms with Crippen molar-refractivity contribution in [2.75, 3.05) is 18.5 Å². The van der Waals surface area contributed by atoms with Gasteiger partial charge in [0.05, 0.1) is 31.8 Å². The van der Waals surface area contributed by atoms with Gasteiger partial charge in [0.15, 0.2) is 11.5 Å². The molecule has 1 aromatic carbocycles. The lowest BCUT2D eigenvalue weighted by atomic mass is 10.2. The zero-order valence-corrected chi connectivity index (χ0v) is 12.3. The van der Waals surface area contributed by atoms with Crippen LogP contribution in [0.25, 0.3) is 0 Å². The number of hydrogen-bond donors (Lipinski definition) is 1. The molecule has 0 bridgehead atoms. The van der Waals surface area contributed by atoms with Gasteiger partial charge in [0.1, 0.15) is 0 Å². The minimum absolute atomic E-state index is 0.708. The zero-order valence-electron chi connectivity index (χ0n) is 12.3. The molecular formula is C16H21N3O2. The molecule has 0 saturated carbocycles. The number of fused-ring (bicyclic) bond motifs is 1. The normalized spacial score (nSPS) is 13.8. The maximum absolute atomic E-state index is 5.71. The second-order valence-electron chi connectivity index (χ2n) is 5.14. The molecule has 0 amide bonds. The molecule has 0 saturated heterocycles. The van der Waals surface area contributed by atoms with Crippen LogP contribution in [0.3, 0.4) is 0 Å². The van der Waals surface area contributed by atoms with E-state index in [2.05, 4.69) is 21.8 Å². The molecule has 5 nitrogen and oxygen atoms in total. The van der Waals surface area contributed by atoms with Crippen LogP contribution in [0.5, 0.6) is 11.5 Å². The number of nitrogens with one attached hydrogen (secondary N) is 1. The lowest BCUT2D eigenvalue weighted by Crippen LogP contribution is -2.07. The molecule has 0 aliphatic carbocycles. The zero-order chi connectivity index (χ0) is 14.5. The largest absolute Gasteiger partial charge is 0.490 e. The van der Waals surface area contributed by atoms with Crippen molar-refractivity contribution in [3.8, 4) is 11.5 Å². The number of benzene rings is 1. The molecule has 1 aromatic heterocycles. The van der Waals surface area contributed by atoms with E-state index in [-0.39, 0.29) is 0 Å². The van der Waals surface area contributed by atoms with E-state index in [1.807, 2.05) is 30.7 Å². The van der Waals surface area contributed by atoms with Crippen LogP contribution < -0.4 is 14.8 Å². The summed E-state index contributed by atoms with van der Waals surface area (Å²) in [7, 11) is 0. The highest BCUT2D eigenvalue weighted by molar-refractivity contribution is 5.55. The van der Waals surface area contributed by atoms with E-state index in [4.69, 9.17) is 9.47 Å². The molecule has 1 N–H and O–H groups in total. The maximum atomic E-state index is 5.71. The first-order chi connectivity index (χ1) is 10.4. The van der Waals surface area contributed by atoms with Crippen molar-refractivity contribution >= 4 is 5.69 Å². The van der Waals surface area contributed by atoms with Gasteiger partial charge in [0.2, 0.25) is 0 Å². The number of ether oxygens (including phenoxy) is 2. The van der Waals surface area contributed by atoms with E-state index < -0.39 is 0 Å². The Morgan fingerprint density at radius 2 is 2.10 bits per heavy atom. The van der Waals surface area contributed by atoms with Crippen LogP contribution in [-0.2, 0) is 13.1 Å². The summed E-state index contributed by atoms with van der Waals surface area (Å²) in [5.74, 6) is 1.65. The van der Waals surface area contributed by atoms with Gasteiger partial charge in [-0.1, -0.05) is 6.92 Å². The van der Waals surface area contributed by atoms with E-state index >= 15 is 0 Å². The Kier molecular flexibility index (Phi) is 4.28. The molecule has 0 fully saturated rings. The SMILES string of the molecule is CCCn1cncc1CNc1ccc2c(c1)OCCCO2. The average molecular weight is 287 g/mol. The van der Waals surface area contributed by atoms with Gasteiger partial charge in [0, 0.05) is 30.9 Å². The highest BCUT2D eigenvalue weighted by Crippen LogP contribution is 2.32. The maximum Gasteiger partial charge on any atom is 0.163 e. The van der Waals surface area contributed by atoms with E-state index in [1.165, 1.54) is 5.69 Å². The van der Waals surface area contributed by atoms with Crippen LogP contribution in [0.4, 0.5) is 5.69 Å². The second-order valence-corrected chi connectivity index (χ2v) is 5.14. The predicted octanol–water partition coefficient (Wildman–Crippen LogP) is 3.07. The molecule has 0 atom stereocenters. The molecule has 0 radical (unpaired) electrons. The lowest BCUT2D eigenvalue weighted by Gasteiger charge is -2.12. The Morgan fingerprint density at radius 1 is 1.24 bits per heavy atom. The minimum atomic E-state index is 0.708. The van der Waals surface area contributed by atoms with Crippen molar-refractivity contribution in [2.45, 2.75) is 32.9 Å². The molecule has 2 aromatic rings. The number of anilines is 1. The number of nitrogens with zero attached hydrogens (tertiary/aromatic N) is 2. The van der Waals surface area contributed by atoms with Crippen LogP contribution >= 0.6 is 0 Å². The Bertz CT molecular complexity index is 595. The molecule has 3 rings (SSSR count). The number of imidazole rings is 1. The fourth-order valence-corrected chi connectivity index (χ4v) is 2.40. The summed E-state index contributed by atoms with van der Waals surface area (Å²) in [4.78, 5) is 4.21. The summed E-state index contributed by atoms with van der Waals surface area (Å²) in [5.41, 5.74) is 2.22. The van der Waals surface area contributed by atoms with Crippen molar-refractivity contribution in [2.24, 2.45) is 0 Å². The van der Waals surface area contributed by atoms with E-state index in [0.29, 0.717) is 6.61 Å². The molecular weight excluding hydrogens is 266 g/mol. The first-order valence-electron chi connectivity index (χ1n) is 7.49. The van der Waals surface area contributed by atoms with Gasteiger partial charge in [-0.15, -0.1) is 0 Å². The molecule has 112 valence electrons. The molecule has 2 heterocycles. The van der Waals surface area contributed by atoms with Crippen LogP contribution in [0.1, 0.15) is 25.5 Å². The average Bonchev–Trinajstić information content (AvgIpc) is 2.81. The van der Waals surface area contributed by atoms with Crippen molar-refractivity contribution in [3.63, 3.8) is 0 Å². The van der Waals surface area contributed by atoms with Gasteiger partial charge in [-0.2, -0.15) is 0 Å². The first kappa shape index (κ1) is 13.8. The molecule has 21 heavy (non-hydrogen) atoms. The molecule has 5 heteroatoms. The summed E-state index contributed by atoms with van der Waals surface area (Å²) in [6, 6.07) is 5.99. The fraction of sp³-hybridized carbons (Fsp3) is 0.438. The summed E-state index contributed by atoms with van der Waals surface area (Å²) in [6.45, 7) is 5.34. The summed E-state index contributed by atoms with van der Waals surface area (Å²) in [5, 5.41) is 3.42. The Hall–Kier alpha value is -2.17. The first-order valence-corrected chi connectivity index (χ1v) is 7.49. The summed E-state index contributed by atoms with van der Waals surface area (Å²) >= 11 is 0. The van der Waals surface area contributed by atoms with Crippen molar-refractivity contribution in [1.82, 2.24) is 9.55 Å². The summed E-state index contributed by atoms with van der Waals surface area (Å²) < 4.78 is 13.5. The number of rotatable bonds is 5. The van der Waals surface area contributed by atoms with Crippen LogP contribution in [0.2, 0.25) is 0 Å². The van der Waals surface area contributed by atoms with Crippen LogP contribution in [0, 0.1) is 0 Å². The second kappa shape index (κ2) is 6.52. The lowest BCUT2D eigenvalue weighted by molar-refractivity contribution is 0.297. The minimum Gasteiger partial charge on any atom is -0.490 e. The van der Waals surface area contributed by atoms with Gasteiger partial charge >= 0.3 is 0 Å². The highest BCUT2D eigenvalue weighted by atomic mass is 16.5. The number of aromatic nitrogens is 2. The Morgan fingerprint density at radius 3 is 2.95 bits per heavy atom.